The van der Waals surface area contributed by atoms with E-state index in [1.165, 1.54) is 12.1 Å². The van der Waals surface area contributed by atoms with Crippen molar-refractivity contribution < 1.29 is 8.91 Å². The van der Waals surface area contributed by atoms with Gasteiger partial charge in [-0.05, 0) is 37.3 Å². The average Bonchev–Trinajstić information content (AvgIpc) is 3.05. The summed E-state index contributed by atoms with van der Waals surface area (Å²) in [6, 6.07) is 12.2. The first-order valence-electron chi connectivity index (χ1n) is 9.14. The van der Waals surface area contributed by atoms with Gasteiger partial charge >= 0.3 is 0 Å². The Hall–Kier alpha value is -1.79. The zero-order valence-corrected chi connectivity index (χ0v) is 18.2. The van der Waals surface area contributed by atoms with Crippen molar-refractivity contribution in [2.75, 3.05) is 31.1 Å². The summed E-state index contributed by atoms with van der Waals surface area (Å²) in [5.41, 5.74) is 3.54. The van der Waals surface area contributed by atoms with Crippen LogP contribution >= 0.6 is 35.6 Å². The maximum Gasteiger partial charge on any atom is 0.138 e. The third kappa shape index (κ3) is 4.86. The quantitative estimate of drug-likeness (QED) is 0.494. The molecule has 0 radical (unpaired) electrons. The highest BCUT2D eigenvalue weighted by Gasteiger charge is 2.22. The van der Waals surface area contributed by atoms with Crippen molar-refractivity contribution in [3.05, 3.63) is 69.7 Å². The van der Waals surface area contributed by atoms with Gasteiger partial charge in [0.25, 0.3) is 0 Å². The SMILES string of the molecule is Cc1onc(-c2cccc(F)c2)c1CN1CCN(c2ccc(Cl)c(Cl)c2)CC1.Cl. The minimum Gasteiger partial charge on any atom is -0.369 e. The van der Waals surface area contributed by atoms with Crippen LogP contribution in [0.1, 0.15) is 11.3 Å². The number of anilines is 1. The molecular formula is C21H21Cl3FN3O. The summed E-state index contributed by atoms with van der Waals surface area (Å²) < 4.78 is 19.0. The monoisotopic (exact) mass is 455 g/mol. The molecule has 3 aromatic rings. The van der Waals surface area contributed by atoms with Crippen LogP contribution in [0.5, 0.6) is 0 Å². The van der Waals surface area contributed by atoms with Crippen molar-refractivity contribution >= 4 is 41.3 Å². The van der Waals surface area contributed by atoms with Gasteiger partial charge in [-0.2, -0.15) is 0 Å². The molecule has 0 bridgehead atoms. The van der Waals surface area contributed by atoms with Gasteiger partial charge in [0.1, 0.15) is 17.3 Å². The molecule has 0 N–H and O–H groups in total. The Morgan fingerprint density at radius 2 is 1.79 bits per heavy atom. The number of hydrogen-bond acceptors (Lipinski definition) is 4. The summed E-state index contributed by atoms with van der Waals surface area (Å²) in [6.07, 6.45) is 0. The number of benzene rings is 2. The highest BCUT2D eigenvalue weighted by atomic mass is 35.5. The Bertz CT molecular complexity index is 987. The van der Waals surface area contributed by atoms with Crippen molar-refractivity contribution in [3.8, 4) is 11.3 Å². The van der Waals surface area contributed by atoms with Crippen LogP contribution in [0.15, 0.2) is 47.0 Å². The minimum atomic E-state index is -0.278. The molecule has 4 nitrogen and oxygen atoms in total. The standard InChI is InChI=1S/C21H20Cl2FN3O.ClH/c1-14-18(21(25-28-14)15-3-2-4-16(24)11-15)13-26-7-9-27(10-8-26)17-5-6-19(22)20(23)12-17;/h2-6,11-12H,7-10,13H2,1H3;1H. The first-order chi connectivity index (χ1) is 13.5. The van der Waals surface area contributed by atoms with E-state index in [4.69, 9.17) is 27.7 Å². The highest BCUT2D eigenvalue weighted by Crippen LogP contribution is 2.29. The van der Waals surface area contributed by atoms with Crippen LogP contribution in [0, 0.1) is 12.7 Å². The summed E-state index contributed by atoms with van der Waals surface area (Å²) in [6.45, 7) is 6.18. The summed E-state index contributed by atoms with van der Waals surface area (Å²) >= 11 is 12.2. The normalized spacial score (nSPS) is 14.7. The molecule has 4 rings (SSSR count). The first kappa shape index (κ1) is 21.9. The van der Waals surface area contributed by atoms with Gasteiger partial charge in [0.15, 0.2) is 0 Å². The molecule has 154 valence electrons. The van der Waals surface area contributed by atoms with E-state index in [0.29, 0.717) is 15.7 Å². The molecule has 1 aliphatic heterocycles. The van der Waals surface area contributed by atoms with Gasteiger partial charge in [0.05, 0.1) is 10.0 Å². The Morgan fingerprint density at radius 3 is 2.48 bits per heavy atom. The fraction of sp³-hybridized carbons (Fsp3) is 0.286. The fourth-order valence-electron chi connectivity index (χ4n) is 3.51. The third-order valence-corrected chi connectivity index (χ3v) is 5.84. The van der Waals surface area contributed by atoms with Crippen molar-refractivity contribution in [2.45, 2.75) is 13.5 Å². The van der Waals surface area contributed by atoms with E-state index in [0.717, 1.165) is 55.3 Å². The van der Waals surface area contributed by atoms with Gasteiger partial charge in [0, 0.05) is 49.5 Å². The van der Waals surface area contributed by atoms with Gasteiger partial charge in [-0.25, -0.2) is 4.39 Å². The number of hydrogen-bond donors (Lipinski definition) is 0. The molecule has 29 heavy (non-hydrogen) atoms. The van der Waals surface area contributed by atoms with E-state index in [2.05, 4.69) is 15.0 Å². The van der Waals surface area contributed by atoms with Crippen LogP contribution in [0.25, 0.3) is 11.3 Å². The van der Waals surface area contributed by atoms with E-state index in [1.807, 2.05) is 31.2 Å². The topological polar surface area (TPSA) is 32.5 Å². The molecule has 1 aliphatic rings. The van der Waals surface area contributed by atoms with Crippen molar-refractivity contribution in [1.82, 2.24) is 10.1 Å². The number of nitrogens with zero attached hydrogens (tertiary/aromatic N) is 3. The molecule has 8 heteroatoms. The molecule has 0 aliphatic carbocycles. The number of piperazine rings is 1. The predicted molar refractivity (Wildman–Crippen MR) is 118 cm³/mol. The van der Waals surface area contributed by atoms with Gasteiger partial charge in [0.2, 0.25) is 0 Å². The molecule has 1 saturated heterocycles. The zero-order chi connectivity index (χ0) is 19.7. The van der Waals surface area contributed by atoms with Crippen LogP contribution in [-0.4, -0.2) is 36.2 Å². The van der Waals surface area contributed by atoms with Gasteiger partial charge in [-0.15, -0.1) is 12.4 Å². The molecule has 2 heterocycles. The Kier molecular flexibility index (Phi) is 7.06. The van der Waals surface area contributed by atoms with E-state index in [9.17, 15) is 4.39 Å². The molecule has 0 amide bonds. The van der Waals surface area contributed by atoms with E-state index in [-0.39, 0.29) is 18.2 Å². The van der Waals surface area contributed by atoms with Crippen LogP contribution in [-0.2, 0) is 6.54 Å². The van der Waals surface area contributed by atoms with Gasteiger partial charge in [-0.3, -0.25) is 4.90 Å². The van der Waals surface area contributed by atoms with E-state index >= 15 is 0 Å². The van der Waals surface area contributed by atoms with Crippen LogP contribution in [0.3, 0.4) is 0 Å². The lowest BCUT2D eigenvalue weighted by Gasteiger charge is -2.36. The smallest absolute Gasteiger partial charge is 0.138 e. The summed E-state index contributed by atoms with van der Waals surface area (Å²) in [4.78, 5) is 4.66. The van der Waals surface area contributed by atoms with Crippen LogP contribution in [0.2, 0.25) is 10.0 Å². The summed E-state index contributed by atoms with van der Waals surface area (Å²) in [5, 5.41) is 5.30. The molecule has 0 spiro atoms. The second-order valence-electron chi connectivity index (χ2n) is 6.94. The highest BCUT2D eigenvalue weighted by molar-refractivity contribution is 6.42. The molecule has 0 unspecified atom stereocenters. The zero-order valence-electron chi connectivity index (χ0n) is 15.9. The summed E-state index contributed by atoms with van der Waals surface area (Å²) in [7, 11) is 0. The van der Waals surface area contributed by atoms with Crippen molar-refractivity contribution in [3.63, 3.8) is 0 Å². The van der Waals surface area contributed by atoms with E-state index in [1.54, 1.807) is 6.07 Å². The van der Waals surface area contributed by atoms with E-state index < -0.39 is 0 Å². The first-order valence-corrected chi connectivity index (χ1v) is 9.90. The van der Waals surface area contributed by atoms with Crippen LogP contribution < -0.4 is 4.90 Å². The largest absolute Gasteiger partial charge is 0.369 e. The second-order valence-corrected chi connectivity index (χ2v) is 7.75. The lowest BCUT2D eigenvalue weighted by atomic mass is 10.1. The Balaban J connectivity index is 0.00000240. The summed E-state index contributed by atoms with van der Waals surface area (Å²) in [5.74, 6) is 0.491. The molecule has 0 saturated carbocycles. The lowest BCUT2D eigenvalue weighted by Crippen LogP contribution is -2.46. The second kappa shape index (κ2) is 9.35. The maximum atomic E-state index is 13.6. The molecular weight excluding hydrogens is 436 g/mol. The molecule has 2 aromatic carbocycles. The number of aryl methyl sites for hydroxylation is 1. The average molecular weight is 457 g/mol. The Labute approximate surface area is 185 Å². The van der Waals surface area contributed by atoms with Crippen molar-refractivity contribution in [1.29, 1.82) is 0 Å². The lowest BCUT2D eigenvalue weighted by molar-refractivity contribution is 0.248. The van der Waals surface area contributed by atoms with Crippen molar-refractivity contribution in [2.24, 2.45) is 0 Å². The molecule has 0 atom stereocenters. The third-order valence-electron chi connectivity index (χ3n) is 5.11. The van der Waals surface area contributed by atoms with Gasteiger partial charge < -0.3 is 9.42 Å². The molecule has 1 fully saturated rings. The number of halogens is 4. The fourth-order valence-corrected chi connectivity index (χ4v) is 3.80. The predicted octanol–water partition coefficient (Wildman–Crippen LogP) is 5.84. The maximum absolute atomic E-state index is 13.6. The van der Waals surface area contributed by atoms with Crippen LogP contribution in [0.4, 0.5) is 10.1 Å². The number of rotatable bonds is 4. The number of aromatic nitrogens is 1. The molecule has 1 aromatic heterocycles. The minimum absolute atomic E-state index is 0. The Morgan fingerprint density at radius 1 is 1.03 bits per heavy atom. The van der Waals surface area contributed by atoms with Gasteiger partial charge in [-0.1, -0.05) is 40.5 Å².